The largest absolute Gasteiger partial charge is 0.466 e. The zero-order chi connectivity index (χ0) is 8.10. The lowest BCUT2D eigenvalue weighted by Gasteiger charge is -1.86. The van der Waals surface area contributed by atoms with Crippen molar-refractivity contribution in [3.05, 3.63) is 22.7 Å². The van der Waals surface area contributed by atoms with E-state index in [1.165, 1.54) is 24.5 Å². The highest BCUT2D eigenvalue weighted by molar-refractivity contribution is 7.07. The number of hydrogen-bond acceptors (Lipinski definition) is 4. The van der Waals surface area contributed by atoms with Crippen LogP contribution in [0, 0.1) is 0 Å². The molecule has 0 aliphatic heterocycles. The molecule has 0 bridgehead atoms. The minimum absolute atomic E-state index is 0.363. The molecule has 11 heavy (non-hydrogen) atoms. The summed E-state index contributed by atoms with van der Waals surface area (Å²) in [6, 6.07) is 0. The van der Waals surface area contributed by atoms with Crippen LogP contribution in [0.2, 0.25) is 0 Å². The summed E-state index contributed by atoms with van der Waals surface area (Å²) >= 11 is 1.48. The predicted molar refractivity (Wildman–Crippen MR) is 43.2 cm³/mol. The Kier molecular flexibility index (Phi) is 2.80. The Labute approximate surface area is 68.3 Å². The van der Waals surface area contributed by atoms with Gasteiger partial charge in [-0.1, -0.05) is 0 Å². The molecule has 0 fully saturated rings. The number of hydrogen-bond donors (Lipinski definition) is 0. The van der Waals surface area contributed by atoms with Gasteiger partial charge in [0, 0.05) is 11.5 Å². The average Bonchev–Trinajstić information content (AvgIpc) is 2.52. The third kappa shape index (κ3) is 2.51. The first-order valence-corrected chi connectivity index (χ1v) is 3.91. The van der Waals surface area contributed by atoms with Crippen LogP contribution in [0.15, 0.2) is 17.0 Å². The molecule has 1 aromatic rings. The van der Waals surface area contributed by atoms with E-state index in [0.717, 1.165) is 5.69 Å². The summed E-state index contributed by atoms with van der Waals surface area (Å²) in [6.07, 6.45) is 2.96. The molecule has 0 aliphatic rings. The van der Waals surface area contributed by atoms with Crippen LogP contribution >= 0.6 is 11.3 Å². The van der Waals surface area contributed by atoms with Gasteiger partial charge in [0.05, 0.1) is 18.3 Å². The molecule has 4 heteroatoms. The van der Waals surface area contributed by atoms with Crippen molar-refractivity contribution in [1.29, 1.82) is 0 Å². The van der Waals surface area contributed by atoms with Gasteiger partial charge in [-0.25, -0.2) is 9.78 Å². The smallest absolute Gasteiger partial charge is 0.330 e. The van der Waals surface area contributed by atoms with Gasteiger partial charge in [0.1, 0.15) is 0 Å². The average molecular weight is 169 g/mol. The molecule has 0 saturated carbocycles. The molecule has 0 aliphatic carbocycles. The van der Waals surface area contributed by atoms with Gasteiger partial charge in [-0.3, -0.25) is 0 Å². The molecule has 0 atom stereocenters. The first kappa shape index (κ1) is 7.94. The second-order valence-corrected chi connectivity index (χ2v) is 2.49. The molecule has 0 unspecified atom stereocenters. The normalized spacial score (nSPS) is 10.3. The van der Waals surface area contributed by atoms with Gasteiger partial charge < -0.3 is 4.74 Å². The summed E-state index contributed by atoms with van der Waals surface area (Å²) in [5.74, 6) is -0.363. The van der Waals surface area contributed by atoms with E-state index in [4.69, 9.17) is 0 Å². The zero-order valence-corrected chi connectivity index (χ0v) is 6.80. The SMILES string of the molecule is COC(=O)/C=C/c1cscn1. The van der Waals surface area contributed by atoms with Crippen LogP contribution in [0.3, 0.4) is 0 Å². The van der Waals surface area contributed by atoms with Crippen LogP contribution in [0.4, 0.5) is 0 Å². The molecule has 0 N–H and O–H groups in total. The van der Waals surface area contributed by atoms with Crippen LogP contribution in [-0.2, 0) is 9.53 Å². The maximum Gasteiger partial charge on any atom is 0.330 e. The summed E-state index contributed by atoms with van der Waals surface area (Å²) < 4.78 is 4.40. The number of esters is 1. The standard InChI is InChI=1S/C7H7NO2S/c1-10-7(9)3-2-6-4-11-5-8-6/h2-5H,1H3/b3-2+. The van der Waals surface area contributed by atoms with Crippen molar-refractivity contribution in [3.8, 4) is 0 Å². The van der Waals surface area contributed by atoms with Gasteiger partial charge in [-0.05, 0) is 6.08 Å². The van der Waals surface area contributed by atoms with Gasteiger partial charge in [-0.2, -0.15) is 0 Å². The summed E-state index contributed by atoms with van der Waals surface area (Å²) in [5, 5.41) is 1.85. The molecule has 1 aromatic heterocycles. The lowest BCUT2D eigenvalue weighted by Crippen LogP contribution is -1.93. The van der Waals surface area contributed by atoms with Gasteiger partial charge in [0.15, 0.2) is 0 Å². The molecule has 0 radical (unpaired) electrons. The molecule has 0 aromatic carbocycles. The van der Waals surface area contributed by atoms with Gasteiger partial charge in [0.2, 0.25) is 0 Å². The lowest BCUT2D eigenvalue weighted by molar-refractivity contribution is -0.134. The molecule has 0 amide bonds. The minimum Gasteiger partial charge on any atom is -0.466 e. The summed E-state index contributed by atoms with van der Waals surface area (Å²) in [6.45, 7) is 0. The Bertz CT molecular complexity index is 253. The summed E-state index contributed by atoms with van der Waals surface area (Å²) in [5.41, 5.74) is 2.48. The van der Waals surface area contributed by atoms with Crippen molar-refractivity contribution in [2.75, 3.05) is 7.11 Å². The highest BCUT2D eigenvalue weighted by atomic mass is 32.1. The number of carbonyl (C=O) groups excluding carboxylic acids is 1. The van der Waals surface area contributed by atoms with E-state index < -0.39 is 0 Å². The van der Waals surface area contributed by atoms with Crippen molar-refractivity contribution in [2.24, 2.45) is 0 Å². The van der Waals surface area contributed by atoms with E-state index in [9.17, 15) is 4.79 Å². The fourth-order valence-corrected chi connectivity index (χ4v) is 1.05. The number of carbonyl (C=O) groups is 1. The third-order valence-corrected chi connectivity index (χ3v) is 1.65. The molecule has 58 valence electrons. The van der Waals surface area contributed by atoms with E-state index in [-0.39, 0.29) is 5.97 Å². The first-order chi connectivity index (χ1) is 5.33. The molecule has 0 saturated heterocycles. The molecular weight excluding hydrogens is 162 g/mol. The molecular formula is C7H7NO2S. The summed E-state index contributed by atoms with van der Waals surface area (Å²) in [4.78, 5) is 14.5. The van der Waals surface area contributed by atoms with E-state index in [1.807, 2.05) is 5.38 Å². The Hall–Kier alpha value is -1.16. The second kappa shape index (κ2) is 3.88. The first-order valence-electron chi connectivity index (χ1n) is 2.97. The van der Waals surface area contributed by atoms with Crippen LogP contribution in [0.5, 0.6) is 0 Å². The van der Waals surface area contributed by atoms with E-state index in [1.54, 1.807) is 11.6 Å². The van der Waals surface area contributed by atoms with Gasteiger partial charge >= 0.3 is 5.97 Å². The fraction of sp³-hybridized carbons (Fsp3) is 0.143. The zero-order valence-electron chi connectivity index (χ0n) is 5.98. The maximum atomic E-state index is 10.6. The number of thiazole rings is 1. The number of aromatic nitrogens is 1. The van der Waals surface area contributed by atoms with Crippen LogP contribution in [-0.4, -0.2) is 18.1 Å². The highest BCUT2D eigenvalue weighted by Gasteiger charge is 1.91. The Morgan fingerprint density at radius 3 is 3.18 bits per heavy atom. The number of nitrogens with zero attached hydrogens (tertiary/aromatic N) is 1. The number of methoxy groups -OCH3 is 1. The Morgan fingerprint density at radius 1 is 1.82 bits per heavy atom. The quantitative estimate of drug-likeness (QED) is 0.495. The molecule has 3 nitrogen and oxygen atoms in total. The Morgan fingerprint density at radius 2 is 2.64 bits per heavy atom. The fourth-order valence-electron chi connectivity index (χ4n) is 0.526. The number of ether oxygens (including phenoxy) is 1. The number of rotatable bonds is 2. The maximum absolute atomic E-state index is 10.6. The highest BCUT2D eigenvalue weighted by Crippen LogP contribution is 2.02. The van der Waals surface area contributed by atoms with Crippen LogP contribution in [0.25, 0.3) is 6.08 Å². The topological polar surface area (TPSA) is 39.2 Å². The molecule has 1 rings (SSSR count). The van der Waals surface area contributed by atoms with Crippen molar-refractivity contribution >= 4 is 23.4 Å². The lowest BCUT2D eigenvalue weighted by atomic mass is 10.4. The minimum atomic E-state index is -0.363. The predicted octanol–water partition coefficient (Wildman–Crippen LogP) is 1.33. The second-order valence-electron chi connectivity index (χ2n) is 1.77. The van der Waals surface area contributed by atoms with Crippen molar-refractivity contribution in [3.63, 3.8) is 0 Å². The van der Waals surface area contributed by atoms with E-state index in [0.29, 0.717) is 0 Å². The van der Waals surface area contributed by atoms with E-state index >= 15 is 0 Å². The van der Waals surface area contributed by atoms with Crippen LogP contribution in [0.1, 0.15) is 5.69 Å². The van der Waals surface area contributed by atoms with E-state index in [2.05, 4.69) is 9.72 Å². The van der Waals surface area contributed by atoms with Crippen LogP contribution < -0.4 is 0 Å². The summed E-state index contributed by atoms with van der Waals surface area (Å²) in [7, 11) is 1.34. The van der Waals surface area contributed by atoms with Crippen molar-refractivity contribution < 1.29 is 9.53 Å². The molecule has 0 spiro atoms. The van der Waals surface area contributed by atoms with Crippen molar-refractivity contribution in [2.45, 2.75) is 0 Å². The molecule has 1 heterocycles. The van der Waals surface area contributed by atoms with Crippen molar-refractivity contribution in [1.82, 2.24) is 4.98 Å². The van der Waals surface area contributed by atoms with Gasteiger partial charge in [0.25, 0.3) is 0 Å². The third-order valence-electron chi connectivity index (χ3n) is 1.04. The Balaban J connectivity index is 2.55. The monoisotopic (exact) mass is 169 g/mol. The van der Waals surface area contributed by atoms with Gasteiger partial charge in [-0.15, -0.1) is 11.3 Å².